The highest BCUT2D eigenvalue weighted by atomic mass is 16.5. The monoisotopic (exact) mass is 328 g/mol. The van der Waals surface area contributed by atoms with Crippen molar-refractivity contribution in [3.8, 4) is 11.5 Å². The van der Waals surface area contributed by atoms with Crippen LogP contribution >= 0.6 is 0 Å². The molecule has 4 heterocycles. The predicted octanol–water partition coefficient (Wildman–Crippen LogP) is -0.413. The van der Waals surface area contributed by atoms with E-state index in [0.717, 1.165) is 11.4 Å². The van der Waals surface area contributed by atoms with Crippen molar-refractivity contribution in [2.24, 2.45) is 0 Å². The molecular weight excluding hydrogens is 312 g/mol. The molecule has 2 fully saturated rings. The number of aromatic nitrogens is 3. The summed E-state index contributed by atoms with van der Waals surface area (Å²) >= 11 is 0. The fraction of sp³-hybridized carbons (Fsp3) is 0.400. The first-order chi connectivity index (χ1) is 11.6. The quantitative estimate of drug-likeness (QED) is 0.799. The molecule has 9 heteroatoms. The maximum absolute atomic E-state index is 12.0. The zero-order chi connectivity index (χ0) is 16.7. The van der Waals surface area contributed by atoms with Crippen LogP contribution in [0.3, 0.4) is 0 Å². The van der Waals surface area contributed by atoms with Crippen molar-refractivity contribution in [1.29, 1.82) is 0 Å². The summed E-state index contributed by atoms with van der Waals surface area (Å²) in [7, 11) is 0. The minimum Gasteiger partial charge on any atom is -0.352 e. The number of rotatable bonds is 2. The zero-order valence-corrected chi connectivity index (χ0v) is 13.1. The number of pyridine rings is 1. The Morgan fingerprint density at radius 2 is 2.17 bits per heavy atom. The molecule has 124 valence electrons. The van der Waals surface area contributed by atoms with Crippen molar-refractivity contribution in [3.63, 3.8) is 0 Å². The van der Waals surface area contributed by atoms with Crippen LogP contribution in [-0.4, -0.2) is 64.1 Å². The van der Waals surface area contributed by atoms with Crippen molar-refractivity contribution in [2.45, 2.75) is 13.0 Å². The molecule has 2 aliphatic heterocycles. The van der Waals surface area contributed by atoms with Gasteiger partial charge in [0.25, 0.3) is 5.89 Å². The van der Waals surface area contributed by atoms with Gasteiger partial charge in [0.1, 0.15) is 11.9 Å². The van der Waals surface area contributed by atoms with Crippen molar-refractivity contribution >= 4 is 17.6 Å². The molecule has 9 nitrogen and oxygen atoms in total. The van der Waals surface area contributed by atoms with Gasteiger partial charge in [0.15, 0.2) is 5.82 Å². The fourth-order valence-corrected chi connectivity index (χ4v) is 3.01. The molecule has 1 atom stereocenters. The van der Waals surface area contributed by atoms with E-state index in [4.69, 9.17) is 4.52 Å². The molecule has 1 N–H and O–H groups in total. The Morgan fingerprint density at radius 1 is 1.29 bits per heavy atom. The lowest BCUT2D eigenvalue weighted by Crippen LogP contribution is -2.66. The van der Waals surface area contributed by atoms with Crippen molar-refractivity contribution in [2.75, 3.05) is 31.1 Å². The maximum Gasteiger partial charge on any atom is 0.259 e. The van der Waals surface area contributed by atoms with Crippen LogP contribution in [0.5, 0.6) is 0 Å². The second-order valence-electron chi connectivity index (χ2n) is 5.82. The van der Waals surface area contributed by atoms with Gasteiger partial charge in [-0.25, -0.2) is 4.98 Å². The minimum atomic E-state index is -0.458. The standard InChI is InChI=1S/C15H16N6O3/c1-9-18-15(24-19-9)10-2-3-12(16-6-10)20-4-5-21-11(8-20)14(23)17-7-13(21)22/h2-3,6,11H,4-5,7-8H2,1H3,(H,17,23). The van der Waals surface area contributed by atoms with Crippen LogP contribution in [0.2, 0.25) is 0 Å². The lowest BCUT2D eigenvalue weighted by molar-refractivity contribution is -0.146. The average Bonchev–Trinajstić information content (AvgIpc) is 3.05. The summed E-state index contributed by atoms with van der Waals surface area (Å²) in [6, 6.07) is 3.25. The third-order valence-corrected chi connectivity index (χ3v) is 4.26. The molecule has 0 radical (unpaired) electrons. The molecule has 2 amide bonds. The largest absolute Gasteiger partial charge is 0.352 e. The molecule has 2 aliphatic rings. The Balaban J connectivity index is 1.52. The number of anilines is 1. The Labute approximate surface area is 137 Å². The van der Waals surface area contributed by atoms with Crippen LogP contribution < -0.4 is 10.2 Å². The molecule has 2 aromatic heterocycles. The summed E-state index contributed by atoms with van der Waals surface area (Å²) in [6.07, 6.45) is 1.67. The number of nitrogens with one attached hydrogen (secondary N) is 1. The van der Waals surface area contributed by atoms with Gasteiger partial charge in [-0.2, -0.15) is 4.98 Å². The van der Waals surface area contributed by atoms with E-state index in [-0.39, 0.29) is 18.4 Å². The highest BCUT2D eigenvalue weighted by Crippen LogP contribution is 2.22. The Bertz CT molecular complexity index is 787. The van der Waals surface area contributed by atoms with Crippen molar-refractivity contribution in [3.05, 3.63) is 24.2 Å². The van der Waals surface area contributed by atoms with Crippen LogP contribution in [0.4, 0.5) is 5.82 Å². The molecule has 1 unspecified atom stereocenters. The summed E-state index contributed by atoms with van der Waals surface area (Å²) in [6.45, 7) is 3.44. The first-order valence-electron chi connectivity index (χ1n) is 7.71. The van der Waals surface area contributed by atoms with Gasteiger partial charge >= 0.3 is 0 Å². The molecule has 0 bridgehead atoms. The first-order valence-corrected chi connectivity index (χ1v) is 7.71. The van der Waals surface area contributed by atoms with Gasteiger partial charge in [0.05, 0.1) is 12.1 Å². The molecule has 4 rings (SSSR count). The lowest BCUT2D eigenvalue weighted by Gasteiger charge is -2.43. The SMILES string of the molecule is Cc1noc(-c2ccc(N3CCN4C(=O)CNC(=O)C4C3)nc2)n1. The second kappa shape index (κ2) is 5.59. The first kappa shape index (κ1) is 14.6. The van der Waals surface area contributed by atoms with Gasteiger partial charge in [-0.05, 0) is 19.1 Å². The normalized spacial score (nSPS) is 20.8. The van der Waals surface area contributed by atoms with E-state index in [2.05, 4.69) is 20.4 Å². The van der Waals surface area contributed by atoms with Gasteiger partial charge < -0.3 is 19.6 Å². The topological polar surface area (TPSA) is 104 Å². The van der Waals surface area contributed by atoms with E-state index in [1.807, 2.05) is 17.0 Å². The molecule has 0 saturated carbocycles. The highest BCUT2D eigenvalue weighted by Gasteiger charge is 2.38. The molecule has 0 aromatic carbocycles. The van der Waals surface area contributed by atoms with E-state index in [1.54, 1.807) is 18.0 Å². The number of hydrogen-bond acceptors (Lipinski definition) is 7. The van der Waals surface area contributed by atoms with Crippen molar-refractivity contribution in [1.82, 2.24) is 25.3 Å². The van der Waals surface area contributed by atoms with Gasteiger partial charge in [0, 0.05) is 25.8 Å². The molecule has 2 saturated heterocycles. The van der Waals surface area contributed by atoms with Crippen LogP contribution in [0, 0.1) is 6.92 Å². The summed E-state index contributed by atoms with van der Waals surface area (Å²) in [5.41, 5.74) is 0.739. The molecule has 0 spiro atoms. The predicted molar refractivity (Wildman–Crippen MR) is 83.0 cm³/mol. The summed E-state index contributed by atoms with van der Waals surface area (Å²) in [5, 5.41) is 6.39. The van der Waals surface area contributed by atoms with Crippen LogP contribution in [0.1, 0.15) is 5.82 Å². The van der Waals surface area contributed by atoms with Crippen LogP contribution in [0.25, 0.3) is 11.5 Å². The molecule has 24 heavy (non-hydrogen) atoms. The van der Waals surface area contributed by atoms with Gasteiger partial charge in [-0.15, -0.1) is 0 Å². The number of hydrogen-bond donors (Lipinski definition) is 1. The Hall–Kier alpha value is -2.97. The van der Waals surface area contributed by atoms with E-state index in [1.165, 1.54) is 0 Å². The molecule has 2 aromatic rings. The van der Waals surface area contributed by atoms with Crippen LogP contribution in [0.15, 0.2) is 22.9 Å². The zero-order valence-electron chi connectivity index (χ0n) is 13.1. The van der Waals surface area contributed by atoms with E-state index in [9.17, 15) is 9.59 Å². The van der Waals surface area contributed by atoms with Crippen LogP contribution in [-0.2, 0) is 9.59 Å². The number of fused-ring (bicyclic) bond motifs is 1. The number of piperazine rings is 2. The smallest absolute Gasteiger partial charge is 0.259 e. The Kier molecular flexibility index (Phi) is 3.40. The van der Waals surface area contributed by atoms with Gasteiger partial charge in [0.2, 0.25) is 11.8 Å². The van der Waals surface area contributed by atoms with E-state index < -0.39 is 6.04 Å². The molecule has 0 aliphatic carbocycles. The van der Waals surface area contributed by atoms with E-state index in [0.29, 0.717) is 31.3 Å². The van der Waals surface area contributed by atoms with Gasteiger partial charge in [-0.1, -0.05) is 5.16 Å². The third-order valence-electron chi connectivity index (χ3n) is 4.26. The second-order valence-corrected chi connectivity index (χ2v) is 5.82. The molecular formula is C15H16N6O3. The fourth-order valence-electron chi connectivity index (χ4n) is 3.01. The van der Waals surface area contributed by atoms with Gasteiger partial charge in [-0.3, -0.25) is 9.59 Å². The average molecular weight is 328 g/mol. The van der Waals surface area contributed by atoms with Crippen molar-refractivity contribution < 1.29 is 14.1 Å². The summed E-state index contributed by atoms with van der Waals surface area (Å²) in [4.78, 5) is 36.1. The number of nitrogens with zero attached hydrogens (tertiary/aromatic N) is 5. The number of amides is 2. The lowest BCUT2D eigenvalue weighted by atomic mass is 10.1. The van der Waals surface area contributed by atoms with E-state index >= 15 is 0 Å². The third kappa shape index (κ3) is 2.47. The maximum atomic E-state index is 12.0. The summed E-state index contributed by atoms with van der Waals surface area (Å²) in [5.74, 6) is 1.60. The number of carbonyl (C=O) groups is 2. The highest BCUT2D eigenvalue weighted by molar-refractivity contribution is 5.95. The number of aryl methyl sites for hydroxylation is 1. The summed E-state index contributed by atoms with van der Waals surface area (Å²) < 4.78 is 5.12. The number of carbonyl (C=O) groups excluding carboxylic acids is 2. The Morgan fingerprint density at radius 3 is 2.88 bits per heavy atom. The minimum absolute atomic E-state index is 0.0330.